The van der Waals surface area contributed by atoms with Gasteiger partial charge in [-0.25, -0.2) is 18.2 Å². The first-order valence-corrected chi connectivity index (χ1v) is 10.9. The predicted molar refractivity (Wildman–Crippen MR) is 103 cm³/mol. The molecule has 0 saturated carbocycles. The minimum Gasteiger partial charge on any atom is -0.423 e. The summed E-state index contributed by atoms with van der Waals surface area (Å²) in [5, 5.41) is 3.68. The molecule has 1 saturated heterocycles. The van der Waals surface area contributed by atoms with Crippen LogP contribution in [0.25, 0.3) is 11.0 Å². The van der Waals surface area contributed by atoms with Crippen LogP contribution >= 0.6 is 11.3 Å². The third-order valence-electron chi connectivity index (χ3n) is 4.61. The van der Waals surface area contributed by atoms with Crippen molar-refractivity contribution in [3.63, 3.8) is 0 Å². The summed E-state index contributed by atoms with van der Waals surface area (Å²) < 4.78 is 32.5. The van der Waals surface area contributed by atoms with Crippen molar-refractivity contribution < 1.29 is 12.8 Å². The summed E-state index contributed by atoms with van der Waals surface area (Å²) >= 11 is 1.63. The predicted octanol–water partition coefficient (Wildman–Crippen LogP) is 2.06. The molecule has 0 aliphatic carbocycles. The number of sulfonamides is 1. The van der Waals surface area contributed by atoms with E-state index in [0.717, 1.165) is 17.2 Å². The molecule has 27 heavy (non-hydrogen) atoms. The van der Waals surface area contributed by atoms with Crippen molar-refractivity contribution in [1.82, 2.24) is 14.2 Å². The highest BCUT2D eigenvalue weighted by molar-refractivity contribution is 7.89. The maximum absolute atomic E-state index is 13.0. The molecule has 2 aromatic heterocycles. The van der Waals surface area contributed by atoms with E-state index in [0.29, 0.717) is 37.1 Å². The summed E-state index contributed by atoms with van der Waals surface area (Å²) in [6.45, 7) is 4.93. The first kappa shape index (κ1) is 18.3. The van der Waals surface area contributed by atoms with Crippen molar-refractivity contribution >= 4 is 32.3 Å². The van der Waals surface area contributed by atoms with Crippen LogP contribution in [-0.2, 0) is 16.6 Å². The lowest BCUT2D eigenvalue weighted by Gasteiger charge is -2.33. The fraction of sp³-hybridized carbons (Fsp3) is 0.333. The van der Waals surface area contributed by atoms with Gasteiger partial charge in [-0.3, -0.25) is 4.90 Å². The van der Waals surface area contributed by atoms with E-state index in [4.69, 9.17) is 4.42 Å². The quantitative estimate of drug-likeness (QED) is 0.618. The van der Waals surface area contributed by atoms with E-state index in [-0.39, 0.29) is 4.90 Å². The number of nitrogens with zero attached hydrogens (tertiary/aromatic N) is 3. The zero-order valence-electron chi connectivity index (χ0n) is 14.8. The molecule has 1 aliphatic rings. The summed E-state index contributed by atoms with van der Waals surface area (Å²) in [6.07, 6.45) is 0. The van der Waals surface area contributed by atoms with Crippen LogP contribution in [0.1, 0.15) is 10.7 Å². The Morgan fingerprint density at radius 1 is 1.15 bits per heavy atom. The largest absolute Gasteiger partial charge is 0.423 e. The molecule has 7 nitrogen and oxygen atoms in total. The summed E-state index contributed by atoms with van der Waals surface area (Å²) in [4.78, 5) is 18.2. The molecule has 3 heterocycles. The van der Waals surface area contributed by atoms with Crippen LogP contribution in [0.2, 0.25) is 0 Å². The zero-order chi connectivity index (χ0) is 19.0. The smallest absolute Gasteiger partial charge is 0.336 e. The number of benzene rings is 1. The van der Waals surface area contributed by atoms with Gasteiger partial charge in [0.1, 0.15) is 5.58 Å². The zero-order valence-corrected chi connectivity index (χ0v) is 16.4. The summed E-state index contributed by atoms with van der Waals surface area (Å²) in [5.74, 6) is 0. The normalized spacial score (nSPS) is 16.8. The van der Waals surface area contributed by atoms with Gasteiger partial charge in [0.25, 0.3) is 0 Å². The minimum absolute atomic E-state index is 0.215. The van der Waals surface area contributed by atoms with Gasteiger partial charge in [0, 0.05) is 49.6 Å². The van der Waals surface area contributed by atoms with E-state index >= 15 is 0 Å². The van der Waals surface area contributed by atoms with Crippen molar-refractivity contribution in [2.75, 3.05) is 26.2 Å². The molecular weight excluding hydrogens is 386 g/mol. The Bertz CT molecular complexity index is 1130. The Labute approximate surface area is 160 Å². The monoisotopic (exact) mass is 405 g/mol. The van der Waals surface area contributed by atoms with E-state index in [9.17, 15) is 13.2 Å². The number of hydrogen-bond acceptors (Lipinski definition) is 7. The number of piperazine rings is 1. The number of fused-ring (bicyclic) bond motifs is 1. The van der Waals surface area contributed by atoms with Gasteiger partial charge in [-0.1, -0.05) is 0 Å². The van der Waals surface area contributed by atoms with Crippen molar-refractivity contribution in [1.29, 1.82) is 0 Å². The average molecular weight is 406 g/mol. The minimum atomic E-state index is -3.58. The van der Waals surface area contributed by atoms with Gasteiger partial charge in [0.2, 0.25) is 10.0 Å². The molecule has 3 aromatic rings. The Balaban J connectivity index is 1.48. The summed E-state index contributed by atoms with van der Waals surface area (Å²) in [6, 6.07) is 7.44. The van der Waals surface area contributed by atoms with Crippen molar-refractivity contribution in [2.24, 2.45) is 0 Å². The highest BCUT2D eigenvalue weighted by Crippen LogP contribution is 2.22. The molecule has 142 valence electrons. The molecule has 1 fully saturated rings. The third kappa shape index (κ3) is 3.81. The van der Waals surface area contributed by atoms with Gasteiger partial charge < -0.3 is 4.42 Å². The topological polar surface area (TPSA) is 83.7 Å². The molecule has 0 amide bonds. The highest BCUT2D eigenvalue weighted by Gasteiger charge is 2.29. The van der Waals surface area contributed by atoms with E-state index in [1.807, 2.05) is 12.3 Å². The number of rotatable bonds is 4. The molecule has 0 spiro atoms. The second-order valence-electron chi connectivity index (χ2n) is 6.49. The Morgan fingerprint density at radius 2 is 1.93 bits per heavy atom. The Hall–Kier alpha value is -2.07. The molecule has 0 N–H and O–H groups in total. The SMILES string of the molecule is Cc1nc(CN2CCN(S(=O)(=O)c3ccc4oc(=O)ccc4c3)CC2)cs1. The molecule has 9 heteroatoms. The molecule has 1 aliphatic heterocycles. The van der Waals surface area contributed by atoms with Gasteiger partial charge in [-0.05, 0) is 31.2 Å². The van der Waals surface area contributed by atoms with Gasteiger partial charge in [0.05, 0.1) is 15.6 Å². The molecule has 0 unspecified atom stereocenters. The fourth-order valence-electron chi connectivity index (χ4n) is 3.20. The van der Waals surface area contributed by atoms with Crippen molar-refractivity contribution in [3.8, 4) is 0 Å². The van der Waals surface area contributed by atoms with Crippen LogP contribution in [0.5, 0.6) is 0 Å². The lowest BCUT2D eigenvalue weighted by Crippen LogP contribution is -2.48. The molecule has 0 radical (unpaired) electrons. The van der Waals surface area contributed by atoms with Gasteiger partial charge in [0.15, 0.2) is 0 Å². The van der Waals surface area contributed by atoms with Crippen LogP contribution in [0.15, 0.2) is 49.8 Å². The Kier molecular flexibility index (Phi) is 4.85. The molecular formula is C18H19N3O4S2. The maximum atomic E-state index is 13.0. The number of aromatic nitrogens is 1. The molecule has 0 atom stereocenters. The second-order valence-corrected chi connectivity index (χ2v) is 9.49. The lowest BCUT2D eigenvalue weighted by atomic mass is 10.2. The number of thiazole rings is 1. The van der Waals surface area contributed by atoms with Crippen LogP contribution in [0, 0.1) is 6.92 Å². The maximum Gasteiger partial charge on any atom is 0.336 e. The second kappa shape index (κ2) is 7.16. The van der Waals surface area contributed by atoms with Crippen molar-refractivity contribution in [3.05, 3.63) is 56.8 Å². The van der Waals surface area contributed by atoms with Crippen LogP contribution < -0.4 is 5.63 Å². The first-order chi connectivity index (χ1) is 12.9. The fourth-order valence-corrected chi connectivity index (χ4v) is 5.26. The van der Waals surface area contributed by atoms with Crippen LogP contribution in [-0.4, -0.2) is 48.8 Å². The standard InChI is InChI=1S/C18H19N3O4S2/c1-13-19-15(12-26-13)11-20-6-8-21(9-7-20)27(23,24)16-3-4-17-14(10-16)2-5-18(22)25-17/h2-5,10,12H,6-9,11H2,1H3. The van der Waals surface area contributed by atoms with Crippen LogP contribution in [0.3, 0.4) is 0 Å². The summed E-state index contributed by atoms with van der Waals surface area (Å²) in [5.41, 5.74) is 0.958. The molecule has 4 rings (SSSR count). The van der Waals surface area contributed by atoms with E-state index < -0.39 is 15.6 Å². The first-order valence-electron chi connectivity index (χ1n) is 8.59. The molecule has 1 aromatic carbocycles. The van der Waals surface area contributed by atoms with Gasteiger partial charge in [-0.15, -0.1) is 11.3 Å². The number of hydrogen-bond donors (Lipinski definition) is 0. The molecule has 0 bridgehead atoms. The number of aryl methyl sites for hydroxylation is 1. The third-order valence-corrected chi connectivity index (χ3v) is 7.33. The van der Waals surface area contributed by atoms with Gasteiger partial charge in [-0.2, -0.15) is 4.31 Å². The van der Waals surface area contributed by atoms with E-state index in [1.54, 1.807) is 23.5 Å². The van der Waals surface area contributed by atoms with Gasteiger partial charge >= 0.3 is 5.63 Å². The highest BCUT2D eigenvalue weighted by atomic mass is 32.2. The van der Waals surface area contributed by atoms with Crippen LogP contribution in [0.4, 0.5) is 0 Å². The van der Waals surface area contributed by atoms with E-state index in [1.165, 1.54) is 22.5 Å². The average Bonchev–Trinajstić information content (AvgIpc) is 3.06. The summed E-state index contributed by atoms with van der Waals surface area (Å²) in [7, 11) is -3.58. The Morgan fingerprint density at radius 3 is 2.63 bits per heavy atom. The van der Waals surface area contributed by atoms with Crippen molar-refractivity contribution in [2.45, 2.75) is 18.4 Å². The lowest BCUT2D eigenvalue weighted by molar-refractivity contribution is 0.180. The van der Waals surface area contributed by atoms with E-state index in [2.05, 4.69) is 9.88 Å².